The third-order valence-electron chi connectivity index (χ3n) is 2.34. The summed E-state index contributed by atoms with van der Waals surface area (Å²) in [4.78, 5) is 0. The van der Waals surface area contributed by atoms with Crippen molar-refractivity contribution < 1.29 is 9.31 Å². The normalized spacial score (nSPS) is 26.5. The van der Waals surface area contributed by atoms with Crippen LogP contribution in [0.25, 0.3) is 0 Å². The van der Waals surface area contributed by atoms with E-state index >= 15 is 0 Å². The maximum absolute atomic E-state index is 5.88. The van der Waals surface area contributed by atoms with Crippen molar-refractivity contribution in [2.45, 2.75) is 38.9 Å². The molecule has 2 heterocycles. The van der Waals surface area contributed by atoms with Crippen molar-refractivity contribution in [1.29, 1.82) is 0 Å². The van der Waals surface area contributed by atoms with E-state index in [1.54, 1.807) is 11.3 Å². The molecule has 1 aromatic heterocycles. The van der Waals surface area contributed by atoms with Crippen LogP contribution in [-0.2, 0) is 9.31 Å². The largest absolute Gasteiger partial charge is 0.505 e. The minimum atomic E-state index is -0.172. The Morgan fingerprint density at radius 1 is 1.57 bits per heavy atom. The summed E-state index contributed by atoms with van der Waals surface area (Å²) in [5.74, 6) is 0. The van der Waals surface area contributed by atoms with Gasteiger partial charge in [0.1, 0.15) is 0 Å². The van der Waals surface area contributed by atoms with Gasteiger partial charge in [0.25, 0.3) is 0 Å². The zero-order chi connectivity index (χ0) is 10.2. The molecule has 2 nitrogen and oxygen atoms in total. The summed E-state index contributed by atoms with van der Waals surface area (Å²) in [6.45, 7) is 6.34. The van der Waals surface area contributed by atoms with E-state index in [0.29, 0.717) is 0 Å². The van der Waals surface area contributed by atoms with Crippen molar-refractivity contribution >= 4 is 23.2 Å². The second-order valence-corrected chi connectivity index (χ2v) is 5.35. The smallest absolute Gasteiger partial charge is 0.404 e. The van der Waals surface area contributed by atoms with E-state index in [9.17, 15) is 0 Å². The molecule has 0 bridgehead atoms. The zero-order valence-electron chi connectivity index (χ0n) is 8.82. The maximum atomic E-state index is 5.88. The topological polar surface area (TPSA) is 18.5 Å². The molecule has 0 N–H and O–H groups in total. The van der Waals surface area contributed by atoms with Crippen molar-refractivity contribution in [3.8, 4) is 0 Å². The molecule has 1 saturated heterocycles. The molecule has 1 unspecified atom stereocenters. The van der Waals surface area contributed by atoms with Gasteiger partial charge in [0.2, 0.25) is 0 Å². The standard InChI is InChI=1S/C10H15BO2S/c1-8-7-10(2,3)13-11(12-8)9-5-4-6-14-9/h4-6,8H,7H2,1-3H3. The van der Waals surface area contributed by atoms with E-state index in [1.807, 2.05) is 11.4 Å². The third-order valence-corrected chi connectivity index (χ3v) is 3.23. The van der Waals surface area contributed by atoms with Crippen LogP contribution in [0.2, 0.25) is 0 Å². The summed E-state index contributed by atoms with van der Waals surface area (Å²) in [6.07, 6.45) is 1.22. The van der Waals surface area contributed by atoms with E-state index in [4.69, 9.17) is 9.31 Å². The number of thiophene rings is 1. The lowest BCUT2D eigenvalue weighted by molar-refractivity contribution is -0.0226. The molecule has 1 aliphatic heterocycles. The number of rotatable bonds is 1. The minimum absolute atomic E-state index is 0.0771. The highest BCUT2D eigenvalue weighted by molar-refractivity contribution is 7.20. The Bertz CT molecular complexity index is 297. The number of hydrogen-bond acceptors (Lipinski definition) is 3. The van der Waals surface area contributed by atoms with Gasteiger partial charge in [-0.25, -0.2) is 0 Å². The van der Waals surface area contributed by atoms with Gasteiger partial charge < -0.3 is 9.31 Å². The molecule has 0 saturated carbocycles. The van der Waals surface area contributed by atoms with E-state index in [-0.39, 0.29) is 18.8 Å². The second kappa shape index (κ2) is 3.68. The Kier molecular flexibility index (Phi) is 2.69. The fraction of sp³-hybridized carbons (Fsp3) is 0.600. The minimum Gasteiger partial charge on any atom is -0.404 e. The van der Waals surface area contributed by atoms with Crippen LogP contribution in [0.3, 0.4) is 0 Å². The van der Waals surface area contributed by atoms with Gasteiger partial charge in [-0.05, 0) is 32.6 Å². The Balaban J connectivity index is 2.14. The Labute approximate surface area is 89.4 Å². The van der Waals surface area contributed by atoms with Gasteiger partial charge in [-0.2, -0.15) is 11.3 Å². The van der Waals surface area contributed by atoms with Crippen LogP contribution < -0.4 is 4.78 Å². The van der Waals surface area contributed by atoms with E-state index in [0.717, 1.165) is 11.2 Å². The third kappa shape index (κ3) is 2.19. The first-order valence-corrected chi connectivity index (χ1v) is 5.81. The Morgan fingerprint density at radius 3 is 2.93 bits per heavy atom. The summed E-state index contributed by atoms with van der Waals surface area (Å²) in [5, 5.41) is 2.05. The molecule has 0 spiro atoms. The quantitative estimate of drug-likeness (QED) is 0.660. The molecule has 1 atom stereocenters. The van der Waals surface area contributed by atoms with Crippen molar-refractivity contribution in [1.82, 2.24) is 0 Å². The Morgan fingerprint density at radius 2 is 2.36 bits per heavy atom. The average molecular weight is 210 g/mol. The van der Waals surface area contributed by atoms with Crippen molar-refractivity contribution in [3.63, 3.8) is 0 Å². The lowest BCUT2D eigenvalue weighted by Crippen LogP contribution is -2.50. The van der Waals surface area contributed by atoms with Crippen molar-refractivity contribution in [2.24, 2.45) is 0 Å². The van der Waals surface area contributed by atoms with Crippen molar-refractivity contribution in [2.75, 3.05) is 0 Å². The summed E-state index contributed by atoms with van der Waals surface area (Å²) in [6, 6.07) is 4.09. The van der Waals surface area contributed by atoms with Gasteiger partial charge in [0.15, 0.2) is 0 Å². The molecule has 0 radical (unpaired) electrons. The maximum Gasteiger partial charge on any atom is 0.505 e. The first-order chi connectivity index (χ1) is 6.57. The summed E-state index contributed by atoms with van der Waals surface area (Å²) in [7, 11) is -0.172. The summed E-state index contributed by atoms with van der Waals surface area (Å²) >= 11 is 1.68. The molecule has 0 aromatic carbocycles. The fourth-order valence-corrected chi connectivity index (χ4v) is 2.55. The second-order valence-electron chi connectivity index (χ2n) is 4.38. The van der Waals surface area contributed by atoms with E-state index in [2.05, 4.69) is 26.8 Å². The molecular formula is C10H15BO2S. The molecule has 14 heavy (non-hydrogen) atoms. The van der Waals surface area contributed by atoms with Crippen LogP contribution >= 0.6 is 11.3 Å². The van der Waals surface area contributed by atoms with Crippen molar-refractivity contribution in [3.05, 3.63) is 17.5 Å². The van der Waals surface area contributed by atoms with Gasteiger partial charge in [-0.3, -0.25) is 0 Å². The molecule has 4 heteroatoms. The molecule has 1 aliphatic rings. The van der Waals surface area contributed by atoms with Gasteiger partial charge >= 0.3 is 7.12 Å². The van der Waals surface area contributed by atoms with Crippen LogP contribution in [0.5, 0.6) is 0 Å². The van der Waals surface area contributed by atoms with Crippen LogP contribution in [0.1, 0.15) is 27.2 Å². The first-order valence-electron chi connectivity index (χ1n) is 4.93. The van der Waals surface area contributed by atoms with Crippen LogP contribution in [0.4, 0.5) is 0 Å². The highest BCUT2D eigenvalue weighted by Gasteiger charge is 2.38. The summed E-state index contributed by atoms with van der Waals surface area (Å²) < 4.78 is 12.8. The van der Waals surface area contributed by atoms with Crippen LogP contribution in [-0.4, -0.2) is 18.8 Å². The molecule has 0 aliphatic carbocycles. The lowest BCUT2D eigenvalue weighted by atomic mass is 9.81. The zero-order valence-corrected chi connectivity index (χ0v) is 9.64. The molecule has 76 valence electrons. The lowest BCUT2D eigenvalue weighted by Gasteiger charge is -2.37. The number of hydrogen-bond donors (Lipinski definition) is 0. The average Bonchev–Trinajstić information content (AvgIpc) is 2.51. The van der Waals surface area contributed by atoms with Gasteiger partial charge in [-0.15, -0.1) is 0 Å². The first kappa shape index (κ1) is 10.2. The fourth-order valence-electron chi connectivity index (χ4n) is 1.87. The molecule has 0 amide bonds. The Hall–Kier alpha value is -0.315. The SMILES string of the molecule is CC1CC(C)(C)OB(c2cccs2)O1. The molecule has 2 rings (SSSR count). The molecule has 1 aromatic rings. The predicted molar refractivity (Wildman–Crippen MR) is 60.0 cm³/mol. The predicted octanol–water partition coefficient (Wildman–Crippen LogP) is 2.05. The van der Waals surface area contributed by atoms with Crippen LogP contribution in [0.15, 0.2) is 17.5 Å². The highest BCUT2D eigenvalue weighted by atomic mass is 32.1. The molecular weight excluding hydrogens is 195 g/mol. The van der Waals surface area contributed by atoms with E-state index < -0.39 is 0 Å². The van der Waals surface area contributed by atoms with Gasteiger partial charge in [0, 0.05) is 10.9 Å². The van der Waals surface area contributed by atoms with Crippen LogP contribution in [0, 0.1) is 0 Å². The highest BCUT2D eigenvalue weighted by Crippen LogP contribution is 2.25. The van der Waals surface area contributed by atoms with E-state index in [1.165, 1.54) is 0 Å². The summed E-state index contributed by atoms with van der Waals surface area (Å²) in [5.41, 5.74) is -0.0771. The monoisotopic (exact) mass is 210 g/mol. The van der Waals surface area contributed by atoms with Gasteiger partial charge in [0.05, 0.1) is 5.60 Å². The molecule has 1 fully saturated rings. The van der Waals surface area contributed by atoms with Gasteiger partial charge in [-0.1, -0.05) is 12.1 Å².